The summed E-state index contributed by atoms with van der Waals surface area (Å²) in [6.07, 6.45) is 0.673. The number of hydrogen-bond acceptors (Lipinski definition) is 3. The lowest BCUT2D eigenvalue weighted by atomic mass is 10.00. The van der Waals surface area contributed by atoms with E-state index in [0.29, 0.717) is 19.5 Å². The highest BCUT2D eigenvalue weighted by Crippen LogP contribution is 2.24. The van der Waals surface area contributed by atoms with Crippen LogP contribution in [0.3, 0.4) is 0 Å². The lowest BCUT2D eigenvalue weighted by molar-refractivity contribution is -0.129. The molecule has 1 aliphatic heterocycles. The smallest absolute Gasteiger partial charge is 0.241 e. The number of carbonyl (C=O) groups is 1. The van der Waals surface area contributed by atoms with E-state index in [-0.39, 0.29) is 16.8 Å². The molecule has 1 aliphatic rings. The molecular weight excluding hydrogens is 336 g/mol. The van der Waals surface area contributed by atoms with Crippen LogP contribution in [0.5, 0.6) is 0 Å². The third kappa shape index (κ3) is 3.91. The van der Waals surface area contributed by atoms with Crippen LogP contribution in [0.2, 0.25) is 0 Å². The van der Waals surface area contributed by atoms with Crippen LogP contribution in [-0.4, -0.2) is 25.8 Å². The van der Waals surface area contributed by atoms with Gasteiger partial charge in [0.2, 0.25) is 15.9 Å². The van der Waals surface area contributed by atoms with Crippen LogP contribution in [0.1, 0.15) is 36.6 Å². The van der Waals surface area contributed by atoms with Gasteiger partial charge in [-0.1, -0.05) is 36.4 Å². The summed E-state index contributed by atoms with van der Waals surface area (Å²) in [6.45, 7) is 4.55. The molecule has 1 amide bonds. The number of rotatable bonds is 4. The zero-order valence-electron chi connectivity index (χ0n) is 14.4. The van der Waals surface area contributed by atoms with Crippen molar-refractivity contribution in [3.63, 3.8) is 0 Å². The van der Waals surface area contributed by atoms with E-state index in [1.165, 1.54) is 0 Å². The molecule has 0 saturated carbocycles. The van der Waals surface area contributed by atoms with Crippen molar-refractivity contribution in [2.45, 2.75) is 37.8 Å². The quantitative estimate of drug-likeness (QED) is 0.914. The molecule has 1 N–H and O–H groups in total. The maximum atomic E-state index is 12.7. The molecule has 0 aliphatic carbocycles. The van der Waals surface area contributed by atoms with E-state index in [2.05, 4.69) is 4.72 Å². The van der Waals surface area contributed by atoms with Gasteiger partial charge in [0.05, 0.1) is 4.90 Å². The van der Waals surface area contributed by atoms with Crippen molar-refractivity contribution in [3.05, 3.63) is 65.2 Å². The van der Waals surface area contributed by atoms with Gasteiger partial charge in [0, 0.05) is 26.1 Å². The number of carbonyl (C=O) groups excluding carboxylic acids is 1. The van der Waals surface area contributed by atoms with E-state index in [9.17, 15) is 13.2 Å². The lowest BCUT2D eigenvalue weighted by Gasteiger charge is -2.28. The molecule has 1 heterocycles. The second-order valence-electron chi connectivity index (χ2n) is 6.37. The van der Waals surface area contributed by atoms with Gasteiger partial charge in [0.15, 0.2) is 0 Å². The first kappa shape index (κ1) is 17.6. The summed E-state index contributed by atoms with van der Waals surface area (Å²) >= 11 is 0. The number of sulfonamides is 1. The topological polar surface area (TPSA) is 66.5 Å². The van der Waals surface area contributed by atoms with Gasteiger partial charge in [0.1, 0.15) is 0 Å². The first-order valence-electron chi connectivity index (χ1n) is 8.31. The largest absolute Gasteiger partial charge is 0.338 e. The van der Waals surface area contributed by atoms with Crippen molar-refractivity contribution in [1.82, 2.24) is 9.62 Å². The van der Waals surface area contributed by atoms with E-state index in [4.69, 9.17) is 0 Å². The number of hydrogen-bond donors (Lipinski definition) is 1. The molecule has 132 valence electrons. The molecule has 2 aromatic rings. The number of benzene rings is 2. The number of nitrogens with one attached hydrogen (secondary N) is 1. The Morgan fingerprint density at radius 2 is 1.84 bits per heavy atom. The van der Waals surface area contributed by atoms with Crippen molar-refractivity contribution in [2.24, 2.45) is 0 Å². The molecule has 0 radical (unpaired) electrons. The molecule has 0 bridgehead atoms. The van der Waals surface area contributed by atoms with Gasteiger partial charge < -0.3 is 4.90 Å². The highest BCUT2D eigenvalue weighted by Gasteiger charge is 2.23. The number of nitrogens with zero attached hydrogens (tertiary/aromatic N) is 1. The van der Waals surface area contributed by atoms with Gasteiger partial charge in [-0.15, -0.1) is 0 Å². The van der Waals surface area contributed by atoms with E-state index in [0.717, 1.165) is 16.7 Å². The first-order valence-corrected chi connectivity index (χ1v) is 9.80. The van der Waals surface area contributed by atoms with Gasteiger partial charge in [-0.2, -0.15) is 0 Å². The molecule has 1 unspecified atom stereocenters. The van der Waals surface area contributed by atoms with Crippen LogP contribution in [0.4, 0.5) is 0 Å². The van der Waals surface area contributed by atoms with Crippen LogP contribution in [0.15, 0.2) is 53.4 Å². The predicted molar refractivity (Wildman–Crippen MR) is 96.4 cm³/mol. The molecule has 0 spiro atoms. The fourth-order valence-electron chi connectivity index (χ4n) is 3.08. The average Bonchev–Trinajstić information content (AvgIpc) is 2.61. The molecule has 0 saturated heterocycles. The van der Waals surface area contributed by atoms with E-state index < -0.39 is 10.0 Å². The lowest BCUT2D eigenvalue weighted by Crippen LogP contribution is -2.34. The van der Waals surface area contributed by atoms with Crippen molar-refractivity contribution < 1.29 is 13.2 Å². The van der Waals surface area contributed by atoms with Gasteiger partial charge in [-0.3, -0.25) is 4.79 Å². The zero-order valence-corrected chi connectivity index (χ0v) is 15.2. The SMILES string of the molecule is CC(=O)N1CCc2cc(S(=O)(=O)NC(C)c3ccccc3)ccc2C1. The summed E-state index contributed by atoms with van der Waals surface area (Å²) in [5.74, 6) is 0.0423. The summed E-state index contributed by atoms with van der Waals surface area (Å²) in [4.78, 5) is 13.5. The fraction of sp³-hybridized carbons (Fsp3) is 0.316. The van der Waals surface area contributed by atoms with Gasteiger partial charge in [0.25, 0.3) is 0 Å². The Labute approximate surface area is 148 Å². The summed E-state index contributed by atoms with van der Waals surface area (Å²) < 4.78 is 28.1. The minimum absolute atomic E-state index is 0.0423. The Morgan fingerprint density at radius 1 is 1.12 bits per heavy atom. The molecule has 3 rings (SSSR count). The Balaban J connectivity index is 1.81. The normalized spacial score (nSPS) is 15.5. The molecule has 25 heavy (non-hydrogen) atoms. The highest BCUT2D eigenvalue weighted by atomic mass is 32.2. The zero-order chi connectivity index (χ0) is 18.0. The summed E-state index contributed by atoms with van der Waals surface area (Å²) in [5.41, 5.74) is 2.92. The molecule has 1 atom stereocenters. The van der Waals surface area contributed by atoms with Gasteiger partial charge in [-0.05, 0) is 42.2 Å². The third-order valence-electron chi connectivity index (χ3n) is 4.58. The highest BCUT2D eigenvalue weighted by molar-refractivity contribution is 7.89. The predicted octanol–water partition coefficient (Wildman–Crippen LogP) is 2.63. The van der Waals surface area contributed by atoms with Crippen molar-refractivity contribution >= 4 is 15.9 Å². The molecule has 2 aromatic carbocycles. The van der Waals surface area contributed by atoms with Crippen molar-refractivity contribution in [1.29, 1.82) is 0 Å². The van der Waals surface area contributed by atoms with Crippen LogP contribution in [-0.2, 0) is 27.8 Å². The fourth-order valence-corrected chi connectivity index (χ4v) is 4.36. The molecule has 0 aromatic heterocycles. The Morgan fingerprint density at radius 3 is 2.52 bits per heavy atom. The minimum atomic E-state index is -3.60. The van der Waals surface area contributed by atoms with E-state index in [1.807, 2.05) is 43.3 Å². The van der Waals surface area contributed by atoms with Crippen LogP contribution >= 0.6 is 0 Å². The Kier molecular flexibility index (Phi) is 4.92. The summed E-state index contributed by atoms with van der Waals surface area (Å²) in [7, 11) is -3.60. The van der Waals surface area contributed by atoms with Crippen molar-refractivity contribution in [2.75, 3.05) is 6.54 Å². The molecule has 0 fully saturated rings. The molecule has 5 nitrogen and oxygen atoms in total. The number of amides is 1. The maximum Gasteiger partial charge on any atom is 0.241 e. The summed E-state index contributed by atoms with van der Waals surface area (Å²) in [6, 6.07) is 14.3. The second-order valence-corrected chi connectivity index (χ2v) is 8.09. The standard InChI is InChI=1S/C19H22N2O3S/c1-14(16-6-4-3-5-7-16)20-25(23,24)19-9-8-18-13-21(15(2)22)11-10-17(18)12-19/h3-9,12,14,20H,10-11,13H2,1-2H3. The van der Waals surface area contributed by atoms with E-state index >= 15 is 0 Å². The monoisotopic (exact) mass is 358 g/mol. The second kappa shape index (κ2) is 6.98. The molecular formula is C19H22N2O3S. The van der Waals surface area contributed by atoms with Crippen LogP contribution in [0.25, 0.3) is 0 Å². The molecule has 6 heteroatoms. The Bertz CT molecular complexity index is 879. The van der Waals surface area contributed by atoms with Gasteiger partial charge in [-0.25, -0.2) is 13.1 Å². The average molecular weight is 358 g/mol. The van der Waals surface area contributed by atoms with Crippen molar-refractivity contribution in [3.8, 4) is 0 Å². The first-order chi connectivity index (χ1) is 11.9. The van der Waals surface area contributed by atoms with Gasteiger partial charge >= 0.3 is 0 Å². The van der Waals surface area contributed by atoms with Crippen LogP contribution < -0.4 is 4.72 Å². The number of fused-ring (bicyclic) bond motifs is 1. The maximum absolute atomic E-state index is 12.7. The Hall–Kier alpha value is -2.18. The third-order valence-corrected chi connectivity index (χ3v) is 6.12. The summed E-state index contributed by atoms with van der Waals surface area (Å²) in [5, 5.41) is 0. The van der Waals surface area contributed by atoms with E-state index in [1.54, 1.807) is 24.0 Å². The minimum Gasteiger partial charge on any atom is -0.338 e. The van der Waals surface area contributed by atoms with Crippen LogP contribution in [0, 0.1) is 0 Å².